The highest BCUT2D eigenvalue weighted by molar-refractivity contribution is 7.81. The molecule has 2 N–H and O–H groups in total. The van der Waals surface area contributed by atoms with Crippen molar-refractivity contribution in [2.24, 2.45) is 5.41 Å². The molecule has 14 nitrogen and oxygen atoms in total. The van der Waals surface area contributed by atoms with E-state index in [0.717, 1.165) is 79.2 Å². The van der Waals surface area contributed by atoms with Crippen molar-refractivity contribution in [1.82, 2.24) is 25.4 Å². The molecule has 0 bridgehead atoms. The lowest BCUT2D eigenvalue weighted by atomic mass is 9.85. The topological polar surface area (TPSA) is 158 Å². The molecule has 0 saturated carbocycles. The number of hydrogen-bond donors (Lipinski definition) is 2. The second kappa shape index (κ2) is 21.2. The van der Waals surface area contributed by atoms with Gasteiger partial charge in [-0.05, 0) is 123 Å². The van der Waals surface area contributed by atoms with E-state index in [1.54, 1.807) is 29.3 Å². The summed E-state index contributed by atoms with van der Waals surface area (Å²) in [5, 5.41) is 16.0. The Labute approximate surface area is 420 Å². The Morgan fingerprint density at radius 2 is 1.53 bits per heavy atom. The summed E-state index contributed by atoms with van der Waals surface area (Å²) in [6.07, 6.45) is 6.24. The fourth-order valence-electron chi connectivity index (χ4n) is 9.51. The van der Waals surface area contributed by atoms with Crippen LogP contribution >= 0.6 is 23.8 Å². The van der Waals surface area contributed by atoms with E-state index in [0.29, 0.717) is 54.5 Å². The molecule has 1 aromatic heterocycles. The molecule has 4 amide bonds. The van der Waals surface area contributed by atoms with Gasteiger partial charge < -0.3 is 29.8 Å². The molecule has 1 unspecified atom stereocenters. The van der Waals surface area contributed by atoms with E-state index in [1.807, 2.05) is 88.0 Å². The Bertz CT molecular complexity index is 2740. The minimum Gasteiger partial charge on any atom is -0.444 e. The van der Waals surface area contributed by atoms with E-state index in [1.165, 1.54) is 11.3 Å². The number of hydrogen-bond acceptors (Lipinski definition) is 10. The van der Waals surface area contributed by atoms with E-state index in [4.69, 9.17) is 28.2 Å². The van der Waals surface area contributed by atoms with Crippen LogP contribution in [0.4, 0.5) is 17.1 Å². The van der Waals surface area contributed by atoms with Crippen LogP contribution < -0.4 is 25.3 Å². The first kappa shape index (κ1) is 49.8. The van der Waals surface area contributed by atoms with Crippen molar-refractivity contribution >= 4 is 69.6 Å². The number of halogens is 1. The lowest BCUT2D eigenvalue weighted by molar-refractivity contribution is -0.144. The summed E-state index contributed by atoms with van der Waals surface area (Å²) >= 11 is 12.2. The van der Waals surface area contributed by atoms with Gasteiger partial charge in [0.05, 0.1) is 22.5 Å². The van der Waals surface area contributed by atoms with Crippen molar-refractivity contribution in [1.29, 1.82) is 5.26 Å². The summed E-state index contributed by atoms with van der Waals surface area (Å²) in [7, 11) is 0. The minimum absolute atomic E-state index is 0.152. The van der Waals surface area contributed by atoms with Gasteiger partial charge in [0.2, 0.25) is 17.7 Å². The third-order valence-corrected chi connectivity index (χ3v) is 14.3. The number of nitrogens with one attached hydrogen (secondary N) is 2. The molecule has 3 fully saturated rings. The molecule has 4 aromatic carbocycles. The Balaban J connectivity index is 0.766. The molecule has 16 heteroatoms. The molecule has 3 aliphatic rings. The van der Waals surface area contributed by atoms with Crippen LogP contribution in [0.15, 0.2) is 108 Å². The molecule has 4 heterocycles. The third-order valence-electron chi connectivity index (χ3n) is 13.6. The van der Waals surface area contributed by atoms with Crippen molar-refractivity contribution in [3.8, 4) is 28.5 Å². The van der Waals surface area contributed by atoms with Crippen molar-refractivity contribution in [3.63, 3.8) is 0 Å². The van der Waals surface area contributed by atoms with Gasteiger partial charge in [-0.25, -0.2) is 4.98 Å². The fourth-order valence-corrected chi connectivity index (χ4v) is 10.3. The standard InChI is InChI=1S/C54H60ClN9O5S/c1-53(2,3)48(50(67)62-26-8-9-45(62)49(66)58-33-36-11-13-39(14-12-36)46-34-57-35-69-46)59-47(65)10-6-7-25-60-27-29-61(30-28-60)41-20-15-37(16-21-41)38-17-22-42(23-18-38)64-52(70)63(51(68)54(64,4)5)43-24-19-40(32-56)44(55)31-43/h11-24,31,34-35,45,48H,6-10,25-30,33H2,1-5H3,(H,58,66)(H,59,65)/t45-,48?/m0/s1. The average Bonchev–Trinajstić information content (AvgIpc) is 4.12. The zero-order valence-corrected chi connectivity index (χ0v) is 42.0. The van der Waals surface area contributed by atoms with Crippen molar-refractivity contribution < 1.29 is 23.6 Å². The van der Waals surface area contributed by atoms with Crippen LogP contribution in [0.3, 0.4) is 0 Å². The largest absolute Gasteiger partial charge is 0.444 e. The van der Waals surface area contributed by atoms with Gasteiger partial charge >= 0.3 is 0 Å². The van der Waals surface area contributed by atoms with Crippen LogP contribution in [0.1, 0.15) is 77.8 Å². The van der Waals surface area contributed by atoms with E-state index < -0.39 is 23.0 Å². The molecule has 364 valence electrons. The molecule has 70 heavy (non-hydrogen) atoms. The molecule has 2 atom stereocenters. The van der Waals surface area contributed by atoms with Crippen LogP contribution in [0, 0.1) is 16.7 Å². The van der Waals surface area contributed by atoms with Crippen LogP contribution in [-0.4, -0.2) is 100 Å². The number of anilines is 3. The van der Waals surface area contributed by atoms with Gasteiger partial charge in [-0.1, -0.05) is 80.9 Å². The molecule has 0 spiro atoms. The van der Waals surface area contributed by atoms with Gasteiger partial charge in [0.1, 0.15) is 23.7 Å². The molecular formula is C54H60ClN9O5S. The number of nitriles is 1. The van der Waals surface area contributed by atoms with Crippen LogP contribution in [-0.2, 0) is 25.7 Å². The van der Waals surface area contributed by atoms with Gasteiger partial charge in [0.25, 0.3) is 5.91 Å². The number of unbranched alkanes of at least 4 members (excludes halogenated alkanes) is 1. The molecule has 8 rings (SSSR count). The Hall–Kier alpha value is -6.60. The number of rotatable bonds is 15. The number of carbonyl (C=O) groups is 4. The summed E-state index contributed by atoms with van der Waals surface area (Å²) in [4.78, 5) is 68.3. The minimum atomic E-state index is -0.945. The third kappa shape index (κ3) is 10.9. The summed E-state index contributed by atoms with van der Waals surface area (Å²) in [6, 6.07) is 29.9. The first-order valence-electron chi connectivity index (χ1n) is 23.9. The number of oxazole rings is 1. The van der Waals surface area contributed by atoms with E-state index >= 15 is 0 Å². The maximum atomic E-state index is 14.0. The van der Waals surface area contributed by atoms with Gasteiger partial charge in [-0.15, -0.1) is 0 Å². The first-order chi connectivity index (χ1) is 33.5. The summed E-state index contributed by atoms with van der Waals surface area (Å²) < 4.78 is 5.37. The second-order valence-corrected chi connectivity index (χ2v) is 20.6. The molecule has 0 aliphatic carbocycles. The van der Waals surface area contributed by atoms with Gasteiger partial charge in [-0.2, -0.15) is 5.26 Å². The van der Waals surface area contributed by atoms with Crippen LogP contribution in [0.2, 0.25) is 5.02 Å². The number of nitrogens with zero attached hydrogens (tertiary/aromatic N) is 7. The molecule has 3 aliphatic heterocycles. The molecule has 0 radical (unpaired) electrons. The highest BCUT2D eigenvalue weighted by Crippen LogP contribution is 2.38. The van der Waals surface area contributed by atoms with E-state index in [9.17, 15) is 24.4 Å². The van der Waals surface area contributed by atoms with Gasteiger partial charge in [0, 0.05) is 62.6 Å². The lowest BCUT2D eigenvalue weighted by Gasteiger charge is -2.36. The SMILES string of the molecule is CC(C)(C)C(NC(=O)CCCCN1CCN(c2ccc(-c3ccc(N4C(=S)N(c5ccc(C#N)c(Cl)c5)C(=O)C4(C)C)cc3)cc2)CC1)C(=O)N1CCC[C@H]1C(=O)NCc1ccc(-c2cnco2)cc1. The number of benzene rings is 4. The molecule has 5 aromatic rings. The zero-order valence-electron chi connectivity index (χ0n) is 40.4. The Kier molecular flexibility index (Phi) is 15.1. The highest BCUT2D eigenvalue weighted by atomic mass is 35.5. The number of thiocarbonyl (C=S) groups is 1. The predicted octanol–water partition coefficient (Wildman–Crippen LogP) is 8.58. The predicted molar refractivity (Wildman–Crippen MR) is 277 cm³/mol. The quantitative estimate of drug-likeness (QED) is 0.0765. The van der Waals surface area contributed by atoms with Crippen molar-refractivity contribution in [2.75, 3.05) is 54.0 Å². The first-order valence-corrected chi connectivity index (χ1v) is 24.7. The van der Waals surface area contributed by atoms with E-state index in [2.05, 4.69) is 55.8 Å². The van der Waals surface area contributed by atoms with Crippen LogP contribution in [0.25, 0.3) is 22.5 Å². The number of amides is 4. The molecular weight excluding hydrogens is 922 g/mol. The Morgan fingerprint density at radius 1 is 0.886 bits per heavy atom. The fraction of sp³-hybridized carbons (Fsp3) is 0.389. The van der Waals surface area contributed by atoms with Crippen molar-refractivity contribution in [2.45, 2.75) is 90.9 Å². The molecule has 3 saturated heterocycles. The smallest absolute Gasteiger partial charge is 0.259 e. The summed E-state index contributed by atoms with van der Waals surface area (Å²) in [5.41, 5.74) is 5.25. The number of carbonyl (C=O) groups excluding carboxylic acids is 4. The number of piperazine rings is 1. The maximum Gasteiger partial charge on any atom is 0.259 e. The number of aromatic nitrogens is 1. The van der Waals surface area contributed by atoms with Crippen molar-refractivity contribution in [3.05, 3.63) is 120 Å². The highest BCUT2D eigenvalue weighted by Gasteiger charge is 2.50. The Morgan fingerprint density at radius 3 is 2.14 bits per heavy atom. The average molecular weight is 983 g/mol. The van der Waals surface area contributed by atoms with Gasteiger partial charge in [-0.3, -0.25) is 29.0 Å². The summed E-state index contributed by atoms with van der Waals surface area (Å²) in [6.45, 7) is 14.9. The monoisotopic (exact) mass is 981 g/mol. The normalized spacial score (nSPS) is 17.7. The number of likely N-dealkylation sites (tertiary alicyclic amines) is 1. The van der Waals surface area contributed by atoms with Crippen LogP contribution in [0.5, 0.6) is 0 Å². The summed E-state index contributed by atoms with van der Waals surface area (Å²) in [5.74, 6) is -0.0771. The lowest BCUT2D eigenvalue weighted by Crippen LogP contribution is -2.57. The zero-order chi connectivity index (χ0) is 49.7. The van der Waals surface area contributed by atoms with E-state index in [-0.39, 0.29) is 28.7 Å². The second-order valence-electron chi connectivity index (χ2n) is 19.8. The maximum absolute atomic E-state index is 14.0. The van der Waals surface area contributed by atoms with Gasteiger partial charge in [0.15, 0.2) is 17.3 Å².